The Morgan fingerprint density at radius 2 is 1.90 bits per heavy atom. The van der Waals surface area contributed by atoms with Gasteiger partial charge in [-0.2, -0.15) is 5.10 Å². The van der Waals surface area contributed by atoms with Gasteiger partial charge in [0.05, 0.1) is 30.1 Å². The Hall–Kier alpha value is -3.29. The van der Waals surface area contributed by atoms with Gasteiger partial charge in [-0.25, -0.2) is 13.7 Å². The zero-order chi connectivity index (χ0) is 22.6. The molecule has 0 radical (unpaired) electrons. The van der Waals surface area contributed by atoms with Crippen LogP contribution in [-0.4, -0.2) is 40.6 Å². The molecule has 2 heterocycles. The number of halogens is 1. The highest BCUT2D eigenvalue weighted by Gasteiger charge is 2.18. The fourth-order valence-electron chi connectivity index (χ4n) is 2.92. The van der Waals surface area contributed by atoms with E-state index in [2.05, 4.69) is 10.4 Å². The van der Waals surface area contributed by atoms with Crippen LogP contribution in [0.3, 0.4) is 0 Å². The Bertz CT molecular complexity index is 1060. The quantitative estimate of drug-likeness (QED) is 0.582. The molecule has 0 unspecified atom stereocenters. The lowest BCUT2D eigenvalue weighted by molar-refractivity contribution is 0.0494. The van der Waals surface area contributed by atoms with E-state index < -0.39 is 17.5 Å². The first-order valence-corrected chi connectivity index (χ1v) is 10.2. The Kier molecular flexibility index (Phi) is 6.68. The van der Waals surface area contributed by atoms with Crippen molar-refractivity contribution in [1.82, 2.24) is 14.9 Å². The maximum atomic E-state index is 14.7. The van der Waals surface area contributed by atoms with E-state index in [1.54, 1.807) is 50.5 Å². The molecule has 0 aliphatic carbocycles. The Morgan fingerprint density at radius 3 is 2.58 bits per heavy atom. The molecule has 0 fully saturated rings. The Labute approximate surface area is 181 Å². The van der Waals surface area contributed by atoms with E-state index >= 15 is 0 Å². The monoisotopic (exact) mass is 429 g/mol. The minimum absolute atomic E-state index is 0.173. The number of fused-ring (bicyclic) bond motifs is 1. The van der Waals surface area contributed by atoms with Crippen LogP contribution in [0.25, 0.3) is 16.8 Å². The highest BCUT2D eigenvalue weighted by atomic mass is 19.1. The number of rotatable bonds is 7. The summed E-state index contributed by atoms with van der Waals surface area (Å²) in [6.07, 6.45) is 1.24. The standard InChI is InChI=1S/C23H28FN3O4/c1-6-29-18-8-7-16-11-21(26-27(16)13-18)19-10-9-17(12-20(19)24)30-14-15(2)25-22(28)31-23(3,4)5/h7-13,15H,6,14H2,1-5H3,(H,25,28)/t15-/m0/s1. The number of hydrogen-bond acceptors (Lipinski definition) is 5. The minimum atomic E-state index is -0.577. The highest BCUT2D eigenvalue weighted by Crippen LogP contribution is 2.27. The van der Waals surface area contributed by atoms with Gasteiger partial charge in [0.25, 0.3) is 0 Å². The smallest absolute Gasteiger partial charge is 0.407 e. The summed E-state index contributed by atoms with van der Waals surface area (Å²) in [6.45, 7) is 9.79. The van der Waals surface area contributed by atoms with E-state index in [9.17, 15) is 9.18 Å². The van der Waals surface area contributed by atoms with Crippen molar-refractivity contribution in [3.8, 4) is 22.8 Å². The van der Waals surface area contributed by atoms with Gasteiger partial charge in [-0.1, -0.05) is 0 Å². The number of ether oxygens (including phenoxy) is 3. The van der Waals surface area contributed by atoms with E-state index in [1.165, 1.54) is 6.07 Å². The maximum Gasteiger partial charge on any atom is 0.407 e. The van der Waals surface area contributed by atoms with E-state index in [4.69, 9.17) is 14.2 Å². The van der Waals surface area contributed by atoms with E-state index in [0.29, 0.717) is 29.4 Å². The molecule has 0 aliphatic heterocycles. The number of carbonyl (C=O) groups excluding carboxylic acids is 1. The first kappa shape index (κ1) is 22.4. The van der Waals surface area contributed by atoms with Gasteiger partial charge < -0.3 is 19.5 Å². The summed E-state index contributed by atoms with van der Waals surface area (Å²) >= 11 is 0. The summed E-state index contributed by atoms with van der Waals surface area (Å²) in [5.41, 5.74) is 1.14. The van der Waals surface area contributed by atoms with E-state index in [0.717, 1.165) is 5.52 Å². The molecule has 0 saturated carbocycles. The SMILES string of the molecule is CCOc1ccc2cc(-c3ccc(OC[C@H](C)NC(=O)OC(C)(C)C)cc3F)nn2c1. The molecule has 8 heteroatoms. The van der Waals surface area contributed by atoms with Gasteiger partial charge in [0.2, 0.25) is 0 Å². The fourth-order valence-corrected chi connectivity index (χ4v) is 2.92. The first-order valence-electron chi connectivity index (χ1n) is 10.2. The largest absolute Gasteiger partial charge is 0.492 e. The van der Waals surface area contributed by atoms with Crippen LogP contribution in [0, 0.1) is 5.82 Å². The van der Waals surface area contributed by atoms with Gasteiger partial charge in [-0.15, -0.1) is 0 Å². The van der Waals surface area contributed by atoms with E-state index in [-0.39, 0.29) is 12.6 Å². The Balaban J connectivity index is 1.65. The predicted molar refractivity (Wildman–Crippen MR) is 116 cm³/mol. The third-order valence-electron chi connectivity index (χ3n) is 4.22. The normalized spacial score (nSPS) is 12.5. The maximum absolute atomic E-state index is 14.7. The summed E-state index contributed by atoms with van der Waals surface area (Å²) in [7, 11) is 0. The zero-order valence-electron chi connectivity index (χ0n) is 18.4. The number of alkyl carbamates (subject to hydrolysis) is 1. The van der Waals surface area contributed by atoms with E-state index in [1.807, 2.05) is 25.1 Å². The summed E-state index contributed by atoms with van der Waals surface area (Å²) in [4.78, 5) is 11.8. The van der Waals surface area contributed by atoms with Crippen molar-refractivity contribution >= 4 is 11.6 Å². The molecular weight excluding hydrogens is 401 g/mol. The van der Waals surface area contributed by atoms with Crippen LogP contribution in [0.2, 0.25) is 0 Å². The lowest BCUT2D eigenvalue weighted by Crippen LogP contribution is -2.40. The van der Waals surface area contributed by atoms with Crippen LogP contribution in [0.15, 0.2) is 42.6 Å². The topological polar surface area (TPSA) is 74.1 Å². The molecule has 31 heavy (non-hydrogen) atoms. The first-order chi connectivity index (χ1) is 14.6. The molecule has 0 aliphatic rings. The van der Waals surface area contributed by atoms with Crippen molar-refractivity contribution in [3.63, 3.8) is 0 Å². The van der Waals surface area contributed by atoms with Crippen molar-refractivity contribution in [1.29, 1.82) is 0 Å². The number of carbonyl (C=O) groups is 1. The minimum Gasteiger partial charge on any atom is -0.492 e. The van der Waals surface area contributed by atoms with Crippen molar-refractivity contribution in [3.05, 3.63) is 48.4 Å². The zero-order valence-corrected chi connectivity index (χ0v) is 18.4. The molecule has 1 N–H and O–H groups in total. The van der Waals surface area contributed by atoms with Crippen molar-refractivity contribution < 1.29 is 23.4 Å². The second-order valence-corrected chi connectivity index (χ2v) is 8.20. The molecule has 1 atom stereocenters. The van der Waals surface area contributed by atoms with Gasteiger partial charge in [0.15, 0.2) is 0 Å². The van der Waals surface area contributed by atoms with Crippen LogP contribution in [0.5, 0.6) is 11.5 Å². The number of amides is 1. The summed E-state index contributed by atoms with van der Waals surface area (Å²) in [5, 5.41) is 7.13. The van der Waals surface area contributed by atoms with Crippen LogP contribution in [-0.2, 0) is 4.74 Å². The third-order valence-corrected chi connectivity index (χ3v) is 4.22. The van der Waals surface area contributed by atoms with Crippen LogP contribution in [0.4, 0.5) is 9.18 Å². The fraction of sp³-hybridized carbons (Fsp3) is 0.391. The number of nitrogens with zero attached hydrogens (tertiary/aromatic N) is 2. The highest BCUT2D eigenvalue weighted by molar-refractivity contribution is 5.68. The van der Waals surface area contributed by atoms with Gasteiger partial charge in [-0.05, 0) is 65.0 Å². The molecule has 0 saturated heterocycles. The van der Waals surface area contributed by atoms with Gasteiger partial charge >= 0.3 is 6.09 Å². The molecule has 3 aromatic rings. The van der Waals surface area contributed by atoms with Crippen molar-refractivity contribution in [2.75, 3.05) is 13.2 Å². The molecular formula is C23H28FN3O4. The van der Waals surface area contributed by atoms with Crippen LogP contribution < -0.4 is 14.8 Å². The number of benzene rings is 1. The number of nitrogens with one attached hydrogen (secondary N) is 1. The average molecular weight is 429 g/mol. The molecule has 1 aromatic carbocycles. The summed E-state index contributed by atoms with van der Waals surface area (Å²) in [6, 6.07) is 9.83. The average Bonchev–Trinajstić information content (AvgIpc) is 3.08. The second kappa shape index (κ2) is 9.24. The Morgan fingerprint density at radius 1 is 1.16 bits per heavy atom. The van der Waals surface area contributed by atoms with Crippen LogP contribution in [0.1, 0.15) is 34.6 Å². The van der Waals surface area contributed by atoms with Crippen LogP contribution >= 0.6 is 0 Å². The third kappa shape index (κ3) is 6.10. The van der Waals surface area contributed by atoms with Gasteiger partial charge in [0.1, 0.15) is 29.5 Å². The van der Waals surface area contributed by atoms with Gasteiger partial charge in [0, 0.05) is 11.6 Å². The molecule has 7 nitrogen and oxygen atoms in total. The van der Waals surface area contributed by atoms with Gasteiger partial charge in [-0.3, -0.25) is 0 Å². The molecule has 3 rings (SSSR count). The molecule has 166 valence electrons. The summed E-state index contributed by atoms with van der Waals surface area (Å²) < 4.78 is 32.7. The lowest BCUT2D eigenvalue weighted by Gasteiger charge is -2.22. The number of pyridine rings is 1. The van der Waals surface area contributed by atoms with Crippen molar-refractivity contribution in [2.24, 2.45) is 0 Å². The van der Waals surface area contributed by atoms with Crippen molar-refractivity contribution in [2.45, 2.75) is 46.3 Å². The predicted octanol–water partition coefficient (Wildman–Crippen LogP) is 4.83. The molecule has 1 amide bonds. The molecule has 0 spiro atoms. The molecule has 0 bridgehead atoms. The molecule has 2 aromatic heterocycles. The summed E-state index contributed by atoms with van der Waals surface area (Å²) in [5.74, 6) is 0.614. The number of aromatic nitrogens is 2. The second-order valence-electron chi connectivity index (χ2n) is 8.20. The number of hydrogen-bond donors (Lipinski definition) is 1. The lowest BCUT2D eigenvalue weighted by atomic mass is 10.1.